The lowest BCUT2D eigenvalue weighted by Gasteiger charge is -2.19. The van der Waals surface area contributed by atoms with Crippen molar-refractivity contribution in [2.24, 2.45) is 0 Å². The predicted molar refractivity (Wildman–Crippen MR) is 77.0 cm³/mol. The summed E-state index contributed by atoms with van der Waals surface area (Å²) in [5.41, 5.74) is 0.848. The van der Waals surface area contributed by atoms with E-state index in [-0.39, 0.29) is 12.1 Å². The van der Waals surface area contributed by atoms with E-state index >= 15 is 0 Å². The lowest BCUT2D eigenvalue weighted by molar-refractivity contribution is -0.141. The van der Waals surface area contributed by atoms with Crippen molar-refractivity contribution in [2.45, 2.75) is 32.6 Å². The van der Waals surface area contributed by atoms with Crippen molar-refractivity contribution >= 4 is 0 Å². The quantitative estimate of drug-likeness (QED) is 0.913. The average Bonchev–Trinajstić information content (AvgIpc) is 2.51. The van der Waals surface area contributed by atoms with E-state index in [0.29, 0.717) is 29.9 Å². The number of hydrogen-bond donors (Lipinski definition) is 1. The molecule has 23 heavy (non-hydrogen) atoms. The molecule has 122 valence electrons. The highest BCUT2D eigenvalue weighted by Gasteiger charge is 2.32. The van der Waals surface area contributed by atoms with E-state index in [9.17, 15) is 18.0 Å². The first-order chi connectivity index (χ1) is 10.9. The molecule has 0 unspecified atom stereocenters. The van der Waals surface area contributed by atoms with Gasteiger partial charge in [-0.2, -0.15) is 13.2 Å². The second-order valence-electron chi connectivity index (χ2n) is 5.45. The Morgan fingerprint density at radius 2 is 2.13 bits per heavy atom. The van der Waals surface area contributed by atoms with Crippen LogP contribution >= 0.6 is 0 Å². The maximum atomic E-state index is 12.5. The molecule has 0 spiro atoms. The van der Waals surface area contributed by atoms with Gasteiger partial charge in [0.25, 0.3) is 5.56 Å². The highest BCUT2D eigenvalue weighted by Crippen LogP contribution is 2.27. The number of nitrogens with zero attached hydrogens (tertiary/aromatic N) is 3. The van der Waals surface area contributed by atoms with Crippen molar-refractivity contribution in [2.75, 3.05) is 6.54 Å². The van der Waals surface area contributed by atoms with E-state index in [1.807, 2.05) is 0 Å². The maximum Gasteiger partial charge on any atom is 0.433 e. The largest absolute Gasteiger partial charge is 0.433 e. The molecule has 8 heteroatoms. The number of pyridine rings is 1. The molecule has 0 saturated heterocycles. The van der Waals surface area contributed by atoms with Gasteiger partial charge in [0.05, 0.1) is 17.8 Å². The van der Waals surface area contributed by atoms with Crippen LogP contribution in [0, 0.1) is 6.92 Å². The molecule has 0 aliphatic carbocycles. The highest BCUT2D eigenvalue weighted by molar-refractivity contribution is 5.23. The van der Waals surface area contributed by atoms with Gasteiger partial charge in [-0.3, -0.25) is 14.3 Å². The predicted octanol–water partition coefficient (Wildman–Crippen LogP) is 1.66. The zero-order valence-electron chi connectivity index (χ0n) is 12.4. The molecular formula is C15H15F3N4O. The van der Waals surface area contributed by atoms with Crippen molar-refractivity contribution in [3.8, 4) is 0 Å². The zero-order chi connectivity index (χ0) is 16.6. The Morgan fingerprint density at radius 3 is 2.78 bits per heavy atom. The van der Waals surface area contributed by atoms with E-state index in [2.05, 4.69) is 15.3 Å². The summed E-state index contributed by atoms with van der Waals surface area (Å²) in [5, 5.41) is 3.13. The number of aryl methyl sites for hydroxylation is 1. The van der Waals surface area contributed by atoms with Gasteiger partial charge in [0.1, 0.15) is 11.5 Å². The number of alkyl halides is 3. The molecule has 0 atom stereocenters. The van der Waals surface area contributed by atoms with Crippen LogP contribution in [0.3, 0.4) is 0 Å². The lowest BCUT2D eigenvalue weighted by Crippen LogP contribution is -2.36. The van der Waals surface area contributed by atoms with Gasteiger partial charge in [0, 0.05) is 25.7 Å². The molecule has 0 saturated carbocycles. The number of halogens is 3. The molecule has 5 nitrogen and oxygen atoms in total. The van der Waals surface area contributed by atoms with Gasteiger partial charge in [-0.05, 0) is 18.6 Å². The van der Waals surface area contributed by atoms with Gasteiger partial charge in [-0.15, -0.1) is 0 Å². The second kappa shape index (κ2) is 5.77. The lowest BCUT2D eigenvalue weighted by atomic mass is 10.1. The molecular weight excluding hydrogens is 309 g/mol. The summed E-state index contributed by atoms with van der Waals surface area (Å²) in [7, 11) is 0. The summed E-state index contributed by atoms with van der Waals surface area (Å²) in [4.78, 5) is 20.4. The molecule has 1 aliphatic rings. The number of rotatable bonds is 2. The van der Waals surface area contributed by atoms with Crippen molar-refractivity contribution in [1.82, 2.24) is 19.9 Å². The third kappa shape index (κ3) is 3.12. The number of hydrogen-bond acceptors (Lipinski definition) is 4. The van der Waals surface area contributed by atoms with Crippen LogP contribution in [0.5, 0.6) is 0 Å². The summed E-state index contributed by atoms with van der Waals surface area (Å²) in [5.74, 6) is 0.551. The Bertz CT molecular complexity index is 781. The number of nitrogens with one attached hydrogen (secondary N) is 1. The fourth-order valence-corrected chi connectivity index (χ4v) is 2.62. The molecule has 0 fully saturated rings. The fourth-order valence-electron chi connectivity index (χ4n) is 2.62. The molecule has 0 amide bonds. The third-order valence-electron chi connectivity index (χ3n) is 3.84. The molecule has 0 bridgehead atoms. The molecule has 1 aliphatic heterocycles. The van der Waals surface area contributed by atoms with E-state index in [1.165, 1.54) is 10.6 Å². The number of fused-ring (bicyclic) bond motifs is 1. The topological polar surface area (TPSA) is 59.8 Å². The Labute approximate surface area is 130 Å². The van der Waals surface area contributed by atoms with Crippen molar-refractivity contribution in [3.63, 3.8) is 0 Å². The Balaban J connectivity index is 1.93. The molecule has 2 aromatic heterocycles. The van der Waals surface area contributed by atoms with Crippen LogP contribution < -0.4 is 10.9 Å². The molecule has 1 N–H and O–H groups in total. The van der Waals surface area contributed by atoms with Gasteiger partial charge < -0.3 is 5.32 Å². The summed E-state index contributed by atoms with van der Waals surface area (Å²) in [6.45, 7) is 3.12. The van der Waals surface area contributed by atoms with E-state index in [1.54, 1.807) is 6.92 Å². The first kappa shape index (κ1) is 15.7. The first-order valence-corrected chi connectivity index (χ1v) is 7.18. The Hall–Kier alpha value is -2.22. The Kier molecular flexibility index (Phi) is 3.93. The average molecular weight is 324 g/mol. The summed E-state index contributed by atoms with van der Waals surface area (Å²) in [6.07, 6.45) is -2.62. The maximum absolute atomic E-state index is 12.5. The van der Waals surface area contributed by atoms with Crippen molar-refractivity contribution in [1.29, 1.82) is 0 Å². The first-order valence-electron chi connectivity index (χ1n) is 7.18. The van der Waals surface area contributed by atoms with Crippen LogP contribution in [0.1, 0.15) is 28.3 Å². The summed E-state index contributed by atoms with van der Waals surface area (Å²) in [6, 6.07) is 2.25. The van der Waals surface area contributed by atoms with Gasteiger partial charge in [0.15, 0.2) is 0 Å². The van der Waals surface area contributed by atoms with Gasteiger partial charge in [0.2, 0.25) is 0 Å². The molecule has 3 heterocycles. The van der Waals surface area contributed by atoms with Crippen LogP contribution in [0.15, 0.2) is 23.1 Å². The third-order valence-corrected chi connectivity index (χ3v) is 3.84. The minimum absolute atomic E-state index is 0.149. The zero-order valence-corrected chi connectivity index (χ0v) is 12.4. The standard InChI is InChI=1S/C15H15F3N4O/c1-9-21-12-4-5-19-7-11(12)14(23)22(9)8-10-2-3-13(20-6-10)15(16,17)18/h2-3,6,19H,4-5,7-8H2,1H3. The van der Waals surface area contributed by atoms with E-state index < -0.39 is 11.9 Å². The minimum Gasteiger partial charge on any atom is -0.312 e. The van der Waals surface area contributed by atoms with Crippen molar-refractivity contribution < 1.29 is 13.2 Å². The van der Waals surface area contributed by atoms with Crippen LogP contribution in [0.25, 0.3) is 0 Å². The van der Waals surface area contributed by atoms with Crippen LogP contribution in [0.2, 0.25) is 0 Å². The number of aromatic nitrogens is 3. The molecule has 3 rings (SSSR count). The van der Waals surface area contributed by atoms with Crippen LogP contribution in [-0.2, 0) is 25.7 Å². The highest BCUT2D eigenvalue weighted by atomic mass is 19.4. The minimum atomic E-state index is -4.47. The monoisotopic (exact) mass is 324 g/mol. The smallest absolute Gasteiger partial charge is 0.312 e. The Morgan fingerprint density at radius 1 is 1.35 bits per heavy atom. The molecule has 2 aromatic rings. The second-order valence-corrected chi connectivity index (χ2v) is 5.45. The molecule has 0 aromatic carbocycles. The molecule has 0 radical (unpaired) electrons. The van der Waals surface area contributed by atoms with Gasteiger partial charge in [-0.25, -0.2) is 4.98 Å². The van der Waals surface area contributed by atoms with Crippen LogP contribution in [-0.4, -0.2) is 21.1 Å². The van der Waals surface area contributed by atoms with Gasteiger partial charge >= 0.3 is 6.18 Å². The van der Waals surface area contributed by atoms with Crippen LogP contribution in [0.4, 0.5) is 13.2 Å². The normalized spacial score (nSPS) is 14.6. The van der Waals surface area contributed by atoms with E-state index in [4.69, 9.17) is 0 Å². The summed E-state index contributed by atoms with van der Waals surface area (Å²) < 4.78 is 39.1. The SMILES string of the molecule is Cc1nc2c(c(=O)n1Cc1ccc(C(F)(F)F)nc1)CNCC2. The van der Waals surface area contributed by atoms with Crippen molar-refractivity contribution in [3.05, 3.63) is 57.0 Å². The fraction of sp³-hybridized carbons (Fsp3) is 0.400. The summed E-state index contributed by atoms with van der Waals surface area (Å²) >= 11 is 0. The van der Waals surface area contributed by atoms with Gasteiger partial charge in [-0.1, -0.05) is 6.07 Å². The van der Waals surface area contributed by atoms with E-state index in [0.717, 1.165) is 24.5 Å².